The third kappa shape index (κ3) is 11.6. The van der Waals surface area contributed by atoms with Gasteiger partial charge in [-0.1, -0.05) is 90.2 Å². The van der Waals surface area contributed by atoms with E-state index in [1.807, 2.05) is 18.7 Å². The van der Waals surface area contributed by atoms with Gasteiger partial charge in [0.1, 0.15) is 0 Å². The van der Waals surface area contributed by atoms with Crippen molar-refractivity contribution in [2.75, 3.05) is 0 Å². The molecule has 1 aromatic rings. The summed E-state index contributed by atoms with van der Waals surface area (Å²) in [7, 11) is 0. The fourth-order valence-corrected chi connectivity index (χ4v) is 3.79. The smallest absolute Gasteiger partial charge is 0.336 e. The Morgan fingerprint density at radius 1 is 0.839 bits per heavy atom. The second-order valence-corrected chi connectivity index (χ2v) is 8.76. The van der Waals surface area contributed by atoms with Crippen LogP contribution >= 0.6 is 0 Å². The fraction of sp³-hybridized carbons (Fsp3) is 0.731. The van der Waals surface area contributed by atoms with Gasteiger partial charge >= 0.3 is 6.18 Å². The van der Waals surface area contributed by atoms with E-state index in [-0.39, 0.29) is 11.9 Å². The second kappa shape index (κ2) is 15.3. The number of benzene rings is 1. The summed E-state index contributed by atoms with van der Waals surface area (Å²) in [6, 6.07) is 5.22. The van der Waals surface area contributed by atoms with Crippen LogP contribution in [0.3, 0.4) is 0 Å². The standard InChI is InChI=1S/C26H42F3NO/c1-4-6-7-8-9-10-11-12-13-14-15-16-25(31)30(22(3)5-2)21-23-17-19-24(20-18-23)26(27,28)29/h17-20,22H,4-16,21H2,1-3H3. The topological polar surface area (TPSA) is 20.3 Å². The maximum Gasteiger partial charge on any atom is 0.416 e. The highest BCUT2D eigenvalue weighted by molar-refractivity contribution is 5.76. The van der Waals surface area contributed by atoms with Crippen molar-refractivity contribution in [2.24, 2.45) is 0 Å². The first-order chi connectivity index (χ1) is 14.8. The zero-order chi connectivity index (χ0) is 23.1. The fourth-order valence-electron chi connectivity index (χ4n) is 3.79. The molecule has 5 heteroatoms. The van der Waals surface area contributed by atoms with Gasteiger partial charge in [-0.25, -0.2) is 0 Å². The molecule has 2 nitrogen and oxygen atoms in total. The van der Waals surface area contributed by atoms with Crippen LogP contribution in [0.2, 0.25) is 0 Å². The maximum absolute atomic E-state index is 12.8. The molecule has 0 saturated carbocycles. The summed E-state index contributed by atoms with van der Waals surface area (Å²) in [5.74, 6) is 0.102. The van der Waals surface area contributed by atoms with Crippen molar-refractivity contribution in [2.45, 2.75) is 123 Å². The average molecular weight is 442 g/mol. The number of hydrogen-bond donors (Lipinski definition) is 0. The minimum Gasteiger partial charge on any atom is -0.336 e. The van der Waals surface area contributed by atoms with Gasteiger partial charge in [0.2, 0.25) is 5.91 Å². The Kier molecular flexibility index (Phi) is 13.6. The van der Waals surface area contributed by atoms with Crippen molar-refractivity contribution < 1.29 is 18.0 Å². The molecular weight excluding hydrogens is 399 g/mol. The number of halogens is 3. The molecule has 1 rings (SSSR count). The van der Waals surface area contributed by atoms with Gasteiger partial charge in [0.05, 0.1) is 5.56 Å². The molecule has 1 atom stereocenters. The van der Waals surface area contributed by atoms with Gasteiger partial charge in [-0.2, -0.15) is 13.2 Å². The van der Waals surface area contributed by atoms with Gasteiger partial charge in [0.25, 0.3) is 0 Å². The quantitative estimate of drug-likeness (QED) is 0.235. The molecule has 0 radical (unpaired) electrons. The zero-order valence-electron chi connectivity index (χ0n) is 19.8. The summed E-state index contributed by atoms with van der Waals surface area (Å²) in [5.41, 5.74) is 0.0826. The van der Waals surface area contributed by atoms with Crippen molar-refractivity contribution in [3.05, 3.63) is 35.4 Å². The number of unbranched alkanes of at least 4 members (excludes halogenated alkanes) is 10. The Bertz CT molecular complexity index is 598. The lowest BCUT2D eigenvalue weighted by atomic mass is 10.0. The van der Waals surface area contributed by atoms with Crippen molar-refractivity contribution in [1.82, 2.24) is 4.90 Å². The van der Waals surface area contributed by atoms with E-state index in [0.29, 0.717) is 13.0 Å². The van der Waals surface area contributed by atoms with Crippen LogP contribution in [0.25, 0.3) is 0 Å². The summed E-state index contributed by atoms with van der Waals surface area (Å²) in [6.07, 6.45) is 10.7. The first-order valence-corrected chi connectivity index (χ1v) is 12.2. The van der Waals surface area contributed by atoms with Crippen LogP contribution in [0.5, 0.6) is 0 Å². The predicted octanol–water partition coefficient (Wildman–Crippen LogP) is 8.53. The SMILES string of the molecule is CCCCCCCCCCCCCC(=O)N(Cc1ccc(C(F)(F)F)cc1)C(C)CC. The highest BCUT2D eigenvalue weighted by Crippen LogP contribution is 2.29. The molecule has 0 aromatic heterocycles. The molecule has 1 aromatic carbocycles. The van der Waals surface area contributed by atoms with Gasteiger partial charge in [0.15, 0.2) is 0 Å². The second-order valence-electron chi connectivity index (χ2n) is 8.76. The van der Waals surface area contributed by atoms with Crippen LogP contribution in [-0.4, -0.2) is 16.8 Å². The summed E-state index contributed by atoms with van der Waals surface area (Å²) in [5, 5.41) is 0. The lowest BCUT2D eigenvalue weighted by Gasteiger charge is -2.29. The maximum atomic E-state index is 12.8. The number of carbonyl (C=O) groups excluding carboxylic acids is 1. The molecule has 0 aliphatic rings. The molecular formula is C26H42F3NO. The summed E-state index contributed by atoms with van der Waals surface area (Å²) < 4.78 is 38.3. The Morgan fingerprint density at radius 3 is 1.77 bits per heavy atom. The van der Waals surface area contributed by atoms with Crippen LogP contribution in [0.1, 0.15) is 115 Å². The molecule has 0 heterocycles. The molecule has 0 N–H and O–H groups in total. The number of carbonyl (C=O) groups is 1. The van der Waals surface area contributed by atoms with Crippen molar-refractivity contribution >= 4 is 5.91 Å². The number of hydrogen-bond acceptors (Lipinski definition) is 1. The van der Waals surface area contributed by atoms with E-state index in [9.17, 15) is 18.0 Å². The third-order valence-corrected chi connectivity index (χ3v) is 6.07. The average Bonchev–Trinajstić information content (AvgIpc) is 2.74. The molecule has 0 saturated heterocycles. The molecule has 0 bridgehead atoms. The first kappa shape index (κ1) is 27.5. The van der Waals surface area contributed by atoms with Crippen LogP contribution in [-0.2, 0) is 17.5 Å². The summed E-state index contributed by atoms with van der Waals surface area (Å²) in [4.78, 5) is 14.6. The van der Waals surface area contributed by atoms with Gasteiger partial charge in [-0.05, 0) is 37.5 Å². The van der Waals surface area contributed by atoms with Crippen LogP contribution in [0, 0.1) is 0 Å². The van der Waals surface area contributed by atoms with Gasteiger partial charge in [-0.3, -0.25) is 4.79 Å². The van der Waals surface area contributed by atoms with Crippen LogP contribution in [0.4, 0.5) is 13.2 Å². The highest BCUT2D eigenvalue weighted by Gasteiger charge is 2.30. The lowest BCUT2D eigenvalue weighted by Crippen LogP contribution is -2.37. The van der Waals surface area contributed by atoms with Crippen LogP contribution in [0.15, 0.2) is 24.3 Å². The predicted molar refractivity (Wildman–Crippen MR) is 123 cm³/mol. The van der Waals surface area contributed by atoms with E-state index in [2.05, 4.69) is 6.92 Å². The Balaban J connectivity index is 2.34. The molecule has 0 fully saturated rings. The monoisotopic (exact) mass is 441 g/mol. The van der Waals surface area contributed by atoms with E-state index in [0.717, 1.165) is 37.0 Å². The van der Waals surface area contributed by atoms with E-state index < -0.39 is 11.7 Å². The molecule has 178 valence electrons. The lowest BCUT2D eigenvalue weighted by molar-refractivity contribution is -0.138. The largest absolute Gasteiger partial charge is 0.416 e. The first-order valence-electron chi connectivity index (χ1n) is 12.2. The molecule has 31 heavy (non-hydrogen) atoms. The summed E-state index contributed by atoms with van der Waals surface area (Å²) in [6.45, 7) is 6.63. The summed E-state index contributed by atoms with van der Waals surface area (Å²) >= 11 is 0. The number of rotatable bonds is 16. The van der Waals surface area contributed by atoms with Gasteiger partial charge in [0, 0.05) is 19.0 Å². The number of amides is 1. The third-order valence-electron chi connectivity index (χ3n) is 6.07. The normalized spacial score (nSPS) is 12.7. The Hall–Kier alpha value is -1.52. The molecule has 1 amide bonds. The molecule has 0 aliphatic heterocycles. The highest BCUT2D eigenvalue weighted by atomic mass is 19.4. The van der Waals surface area contributed by atoms with Gasteiger partial charge < -0.3 is 4.90 Å². The van der Waals surface area contributed by atoms with Gasteiger partial charge in [-0.15, -0.1) is 0 Å². The molecule has 0 aliphatic carbocycles. The minimum atomic E-state index is -4.33. The van der Waals surface area contributed by atoms with Crippen molar-refractivity contribution in [3.63, 3.8) is 0 Å². The molecule has 1 unspecified atom stereocenters. The number of nitrogens with zero attached hydrogens (tertiary/aromatic N) is 1. The van der Waals surface area contributed by atoms with Crippen LogP contribution < -0.4 is 0 Å². The minimum absolute atomic E-state index is 0.0718. The zero-order valence-corrected chi connectivity index (χ0v) is 19.8. The molecule has 0 spiro atoms. The van der Waals surface area contributed by atoms with E-state index >= 15 is 0 Å². The van der Waals surface area contributed by atoms with Crippen molar-refractivity contribution in [3.8, 4) is 0 Å². The Morgan fingerprint density at radius 2 is 1.32 bits per heavy atom. The number of alkyl halides is 3. The van der Waals surface area contributed by atoms with E-state index in [1.165, 1.54) is 69.9 Å². The van der Waals surface area contributed by atoms with E-state index in [4.69, 9.17) is 0 Å². The van der Waals surface area contributed by atoms with Crippen molar-refractivity contribution in [1.29, 1.82) is 0 Å². The van der Waals surface area contributed by atoms with E-state index in [1.54, 1.807) is 0 Å². The Labute approximate surface area is 187 Å².